The zero-order valence-corrected chi connectivity index (χ0v) is 11.5. The van der Waals surface area contributed by atoms with Crippen LogP contribution in [0, 0.1) is 23.2 Å². The average molecular weight is 256 g/mol. The van der Waals surface area contributed by atoms with Crippen LogP contribution in [0.4, 0.5) is 0 Å². The summed E-state index contributed by atoms with van der Waals surface area (Å²) >= 11 is 0. The summed E-state index contributed by atoms with van der Waals surface area (Å²) in [4.78, 5) is 11.9. The van der Waals surface area contributed by atoms with Crippen molar-refractivity contribution in [1.82, 2.24) is 5.32 Å². The highest BCUT2D eigenvalue weighted by molar-refractivity contribution is 5.82. The van der Waals surface area contributed by atoms with E-state index in [4.69, 9.17) is 5.73 Å². The highest BCUT2D eigenvalue weighted by Crippen LogP contribution is 2.51. The first-order valence-electron chi connectivity index (χ1n) is 6.58. The fourth-order valence-electron chi connectivity index (χ4n) is 2.09. The summed E-state index contributed by atoms with van der Waals surface area (Å²) < 4.78 is 0. The zero-order valence-electron chi connectivity index (χ0n) is 11.5. The lowest BCUT2D eigenvalue weighted by molar-refractivity contribution is -0.123. The maximum absolute atomic E-state index is 11.9. The lowest BCUT2D eigenvalue weighted by Gasteiger charge is -2.06. The summed E-state index contributed by atoms with van der Waals surface area (Å²) in [7, 11) is 0. The third-order valence-electron chi connectivity index (χ3n) is 3.59. The van der Waals surface area contributed by atoms with Crippen LogP contribution in [-0.2, 0) is 11.3 Å². The van der Waals surface area contributed by atoms with Crippen molar-refractivity contribution < 1.29 is 4.79 Å². The Hall–Kier alpha value is -1.79. The van der Waals surface area contributed by atoms with Gasteiger partial charge in [-0.2, -0.15) is 0 Å². The third-order valence-corrected chi connectivity index (χ3v) is 3.59. The smallest absolute Gasteiger partial charge is 0.223 e. The normalized spacial score (nSPS) is 19.2. The largest absolute Gasteiger partial charge is 0.352 e. The predicted molar refractivity (Wildman–Crippen MR) is 76.1 cm³/mol. The predicted octanol–water partition coefficient (Wildman–Crippen LogP) is 1.66. The van der Waals surface area contributed by atoms with E-state index in [0.717, 1.165) is 17.5 Å². The van der Waals surface area contributed by atoms with Crippen molar-refractivity contribution in [2.75, 3.05) is 6.54 Å². The molecule has 3 heteroatoms. The summed E-state index contributed by atoms with van der Waals surface area (Å²) in [5.41, 5.74) is 7.54. The number of rotatable bonds is 3. The van der Waals surface area contributed by atoms with E-state index in [9.17, 15) is 4.79 Å². The van der Waals surface area contributed by atoms with Gasteiger partial charge in [0.2, 0.25) is 5.91 Å². The van der Waals surface area contributed by atoms with E-state index in [-0.39, 0.29) is 17.2 Å². The number of hydrogen-bond acceptors (Lipinski definition) is 2. The van der Waals surface area contributed by atoms with Gasteiger partial charge in [-0.05, 0) is 29.5 Å². The van der Waals surface area contributed by atoms with Crippen molar-refractivity contribution in [3.05, 3.63) is 35.4 Å². The summed E-state index contributed by atoms with van der Waals surface area (Å²) in [6.07, 6.45) is 0.993. The van der Waals surface area contributed by atoms with Gasteiger partial charge in [-0.1, -0.05) is 37.8 Å². The van der Waals surface area contributed by atoms with Crippen molar-refractivity contribution in [3.63, 3.8) is 0 Å². The third kappa shape index (κ3) is 3.59. The first kappa shape index (κ1) is 13.6. The molecule has 100 valence electrons. The molecule has 0 spiro atoms. The molecule has 0 bridgehead atoms. The molecule has 0 aliphatic heterocycles. The van der Waals surface area contributed by atoms with E-state index in [2.05, 4.69) is 31.0 Å². The number of benzene rings is 1. The molecule has 1 unspecified atom stereocenters. The minimum Gasteiger partial charge on any atom is -0.352 e. The second-order valence-corrected chi connectivity index (χ2v) is 5.67. The zero-order chi connectivity index (χ0) is 13.9. The maximum Gasteiger partial charge on any atom is 0.223 e. The van der Waals surface area contributed by atoms with Crippen LogP contribution in [0.1, 0.15) is 31.4 Å². The molecule has 1 amide bonds. The van der Waals surface area contributed by atoms with Crippen LogP contribution in [0.2, 0.25) is 0 Å². The van der Waals surface area contributed by atoms with Crippen molar-refractivity contribution in [1.29, 1.82) is 0 Å². The maximum atomic E-state index is 11.9. The molecule has 1 aromatic carbocycles. The SMILES string of the molecule is CC1(C)CC1C(=O)NCc1ccc(C#CCN)cc1. The minimum absolute atomic E-state index is 0.164. The monoisotopic (exact) mass is 256 g/mol. The Bertz CT molecular complexity index is 520. The van der Waals surface area contributed by atoms with Gasteiger partial charge in [0.25, 0.3) is 0 Å². The number of carbonyl (C=O) groups is 1. The van der Waals surface area contributed by atoms with Gasteiger partial charge in [0.15, 0.2) is 0 Å². The standard InChI is InChI=1S/C16H20N2O/c1-16(2)10-14(16)15(19)18-11-13-7-5-12(6-8-13)4-3-9-17/h5-8,14H,9-11,17H2,1-2H3,(H,18,19). The number of nitrogens with one attached hydrogen (secondary N) is 1. The van der Waals surface area contributed by atoms with Crippen LogP contribution in [0.25, 0.3) is 0 Å². The van der Waals surface area contributed by atoms with Gasteiger partial charge in [0.05, 0.1) is 6.54 Å². The van der Waals surface area contributed by atoms with Crippen molar-refractivity contribution in [3.8, 4) is 11.8 Å². The Morgan fingerprint density at radius 3 is 2.58 bits per heavy atom. The number of hydrogen-bond donors (Lipinski definition) is 2. The average Bonchev–Trinajstić information content (AvgIpc) is 3.04. The lowest BCUT2D eigenvalue weighted by Crippen LogP contribution is -2.25. The Kier molecular flexibility index (Phi) is 3.92. The number of nitrogens with two attached hydrogens (primary N) is 1. The van der Waals surface area contributed by atoms with Crippen LogP contribution < -0.4 is 11.1 Å². The van der Waals surface area contributed by atoms with E-state index < -0.39 is 0 Å². The molecule has 3 N–H and O–H groups in total. The summed E-state index contributed by atoms with van der Waals surface area (Å²) in [5.74, 6) is 6.13. The molecule has 0 saturated heterocycles. The van der Waals surface area contributed by atoms with Crippen LogP contribution in [0.3, 0.4) is 0 Å². The van der Waals surface area contributed by atoms with E-state index in [1.807, 2.05) is 24.3 Å². The van der Waals surface area contributed by atoms with Crippen molar-refractivity contribution in [2.24, 2.45) is 17.1 Å². The van der Waals surface area contributed by atoms with E-state index in [0.29, 0.717) is 13.1 Å². The first-order chi connectivity index (χ1) is 9.03. The van der Waals surface area contributed by atoms with Gasteiger partial charge < -0.3 is 11.1 Å². The quantitative estimate of drug-likeness (QED) is 0.808. The molecule has 19 heavy (non-hydrogen) atoms. The molecule has 1 saturated carbocycles. The number of carbonyl (C=O) groups excluding carboxylic acids is 1. The van der Waals surface area contributed by atoms with E-state index in [1.54, 1.807) is 0 Å². The summed E-state index contributed by atoms with van der Waals surface area (Å²) in [6, 6.07) is 7.87. The summed E-state index contributed by atoms with van der Waals surface area (Å²) in [6.45, 7) is 5.20. The molecule has 1 aliphatic rings. The Morgan fingerprint density at radius 2 is 2.05 bits per heavy atom. The highest BCUT2D eigenvalue weighted by Gasteiger charge is 2.50. The van der Waals surface area contributed by atoms with Gasteiger partial charge >= 0.3 is 0 Å². The second kappa shape index (κ2) is 5.46. The molecule has 0 heterocycles. The second-order valence-electron chi connectivity index (χ2n) is 5.67. The van der Waals surface area contributed by atoms with Gasteiger partial charge in [0.1, 0.15) is 0 Å². The Labute approximate surface area is 114 Å². The van der Waals surface area contributed by atoms with Crippen molar-refractivity contribution in [2.45, 2.75) is 26.8 Å². The molecule has 1 fully saturated rings. The topological polar surface area (TPSA) is 55.1 Å². The van der Waals surface area contributed by atoms with Gasteiger partial charge in [0, 0.05) is 18.0 Å². The van der Waals surface area contributed by atoms with E-state index in [1.165, 1.54) is 0 Å². The van der Waals surface area contributed by atoms with Crippen LogP contribution >= 0.6 is 0 Å². The number of amides is 1. The minimum atomic E-state index is 0.164. The first-order valence-corrected chi connectivity index (χ1v) is 6.58. The molecule has 2 rings (SSSR count). The van der Waals surface area contributed by atoms with Crippen LogP contribution in [0.5, 0.6) is 0 Å². The summed E-state index contributed by atoms with van der Waals surface area (Å²) in [5, 5.41) is 2.98. The molecule has 0 aromatic heterocycles. The highest BCUT2D eigenvalue weighted by atomic mass is 16.2. The lowest BCUT2D eigenvalue weighted by atomic mass is 10.1. The fraction of sp³-hybridized carbons (Fsp3) is 0.438. The fourth-order valence-corrected chi connectivity index (χ4v) is 2.09. The molecule has 1 aliphatic carbocycles. The Morgan fingerprint density at radius 1 is 1.42 bits per heavy atom. The van der Waals surface area contributed by atoms with Gasteiger partial charge in [-0.25, -0.2) is 0 Å². The molecular formula is C16H20N2O. The Balaban J connectivity index is 1.85. The molecule has 1 aromatic rings. The molecule has 1 atom stereocenters. The molecule has 0 radical (unpaired) electrons. The van der Waals surface area contributed by atoms with Gasteiger partial charge in [-0.3, -0.25) is 4.79 Å². The molecule has 3 nitrogen and oxygen atoms in total. The van der Waals surface area contributed by atoms with Crippen LogP contribution in [-0.4, -0.2) is 12.5 Å². The van der Waals surface area contributed by atoms with Gasteiger partial charge in [-0.15, -0.1) is 0 Å². The van der Waals surface area contributed by atoms with Crippen LogP contribution in [0.15, 0.2) is 24.3 Å². The van der Waals surface area contributed by atoms with E-state index >= 15 is 0 Å². The van der Waals surface area contributed by atoms with Crippen molar-refractivity contribution >= 4 is 5.91 Å². The molecular weight excluding hydrogens is 236 g/mol.